The molecule has 0 radical (unpaired) electrons. The molecule has 1 aromatic carbocycles. The van der Waals surface area contributed by atoms with Gasteiger partial charge in [0.15, 0.2) is 17.3 Å². The number of nitrogens with zero attached hydrogens (tertiary/aromatic N) is 4. The van der Waals surface area contributed by atoms with Gasteiger partial charge in [0.1, 0.15) is 12.1 Å². The largest absolute Gasteiger partial charge is 0.345 e. The van der Waals surface area contributed by atoms with Crippen LogP contribution in [0, 0.1) is 11.3 Å². The first-order chi connectivity index (χ1) is 13.0. The van der Waals surface area contributed by atoms with Crippen LogP contribution in [0.4, 0.5) is 5.82 Å². The minimum Gasteiger partial charge on any atom is -0.345 e. The number of carbonyl (C=O) groups is 2. The molecule has 7 nitrogen and oxygen atoms in total. The minimum absolute atomic E-state index is 0.0651. The van der Waals surface area contributed by atoms with E-state index in [2.05, 4.69) is 29.4 Å². The molecule has 1 aliphatic rings. The van der Waals surface area contributed by atoms with Gasteiger partial charge in [-0.3, -0.25) is 9.59 Å². The van der Waals surface area contributed by atoms with Gasteiger partial charge in [0.2, 0.25) is 5.91 Å². The van der Waals surface area contributed by atoms with Gasteiger partial charge in [-0.25, -0.2) is 0 Å². The molecule has 138 valence electrons. The van der Waals surface area contributed by atoms with Crippen molar-refractivity contribution in [2.75, 3.05) is 18.0 Å². The summed E-state index contributed by atoms with van der Waals surface area (Å²) in [5.41, 5.74) is 2.36. The van der Waals surface area contributed by atoms with Crippen molar-refractivity contribution >= 4 is 17.5 Å². The number of Topliss-reactive ketones (excluding diaryl/α,β-unsaturated/α-hetero) is 1. The highest BCUT2D eigenvalue weighted by molar-refractivity contribution is 5.95. The number of amides is 1. The summed E-state index contributed by atoms with van der Waals surface area (Å²) < 4.78 is 0. The van der Waals surface area contributed by atoms with Gasteiger partial charge in [-0.1, -0.05) is 38.1 Å². The van der Waals surface area contributed by atoms with E-state index in [-0.39, 0.29) is 30.3 Å². The van der Waals surface area contributed by atoms with Crippen molar-refractivity contribution in [3.8, 4) is 6.07 Å². The number of nitrogens with one attached hydrogen (secondary N) is 1. The molecule has 7 heteroatoms. The lowest BCUT2D eigenvalue weighted by Gasteiger charge is -2.16. The summed E-state index contributed by atoms with van der Waals surface area (Å²) in [6, 6.07) is 12.5. The molecule has 27 heavy (non-hydrogen) atoms. The Morgan fingerprint density at radius 3 is 2.59 bits per heavy atom. The lowest BCUT2D eigenvalue weighted by Crippen LogP contribution is -2.41. The van der Waals surface area contributed by atoms with Crippen molar-refractivity contribution in [1.29, 1.82) is 5.26 Å². The van der Waals surface area contributed by atoms with Crippen molar-refractivity contribution in [2.45, 2.75) is 32.2 Å². The molecule has 1 amide bonds. The average molecular weight is 363 g/mol. The summed E-state index contributed by atoms with van der Waals surface area (Å²) in [6.07, 6.45) is 0.235. The molecule has 1 fully saturated rings. The van der Waals surface area contributed by atoms with Gasteiger partial charge >= 0.3 is 0 Å². The monoisotopic (exact) mass is 363 g/mol. The molecule has 0 unspecified atom stereocenters. The van der Waals surface area contributed by atoms with Crippen molar-refractivity contribution in [1.82, 2.24) is 15.5 Å². The second-order valence-electron chi connectivity index (χ2n) is 6.93. The van der Waals surface area contributed by atoms with Crippen LogP contribution in [0.2, 0.25) is 0 Å². The van der Waals surface area contributed by atoms with Crippen molar-refractivity contribution < 1.29 is 9.59 Å². The number of aromatic nitrogens is 2. The number of nitriles is 1. The molecule has 0 saturated carbocycles. The molecule has 1 aliphatic heterocycles. The smallest absolute Gasteiger partial charge is 0.225 e. The normalized spacial score (nSPS) is 16.4. The zero-order valence-corrected chi connectivity index (χ0v) is 15.3. The number of hydrogen-bond acceptors (Lipinski definition) is 6. The van der Waals surface area contributed by atoms with E-state index in [0.717, 1.165) is 5.56 Å². The number of carbonyl (C=O) groups excluding carboxylic acids is 2. The number of rotatable bonds is 5. The van der Waals surface area contributed by atoms with Crippen LogP contribution in [-0.2, 0) is 16.0 Å². The fourth-order valence-electron chi connectivity index (χ4n) is 2.99. The lowest BCUT2D eigenvalue weighted by atomic mass is 10.0. The SMILES string of the molecule is CC(C)c1ccc(CC(=O)N[C@H]2CN(c3ccc(C#N)nn3)CC2=O)cc1. The molecule has 3 rings (SSSR count). The summed E-state index contributed by atoms with van der Waals surface area (Å²) in [6.45, 7) is 4.75. The molecule has 1 aromatic heterocycles. The van der Waals surface area contributed by atoms with Crippen LogP contribution in [0.25, 0.3) is 0 Å². The first-order valence-corrected chi connectivity index (χ1v) is 8.86. The Bertz CT molecular complexity index is 869. The second-order valence-corrected chi connectivity index (χ2v) is 6.93. The molecule has 0 aliphatic carbocycles. The van der Waals surface area contributed by atoms with Gasteiger partial charge in [0, 0.05) is 6.54 Å². The summed E-state index contributed by atoms with van der Waals surface area (Å²) in [5, 5.41) is 19.3. The van der Waals surface area contributed by atoms with Gasteiger partial charge < -0.3 is 10.2 Å². The highest BCUT2D eigenvalue weighted by atomic mass is 16.2. The zero-order valence-electron chi connectivity index (χ0n) is 15.3. The Morgan fingerprint density at radius 1 is 1.26 bits per heavy atom. The number of anilines is 1. The van der Waals surface area contributed by atoms with Crippen molar-refractivity contribution in [3.63, 3.8) is 0 Å². The standard InChI is InChI=1S/C20H21N5O2/c1-13(2)15-5-3-14(4-6-15)9-20(27)22-17-11-25(12-18(17)26)19-8-7-16(10-21)23-24-19/h3-8,13,17H,9,11-12H2,1-2H3,(H,22,27)/t17-/m0/s1. The van der Waals surface area contributed by atoms with Gasteiger partial charge in [0.05, 0.1) is 13.0 Å². The highest BCUT2D eigenvalue weighted by Crippen LogP contribution is 2.17. The van der Waals surface area contributed by atoms with Crippen LogP contribution in [0.15, 0.2) is 36.4 Å². The third-order valence-electron chi connectivity index (χ3n) is 4.57. The molecule has 0 bridgehead atoms. The van der Waals surface area contributed by atoms with E-state index in [0.29, 0.717) is 18.3 Å². The van der Waals surface area contributed by atoms with E-state index in [4.69, 9.17) is 5.26 Å². The Kier molecular flexibility index (Phi) is 5.46. The van der Waals surface area contributed by atoms with E-state index < -0.39 is 6.04 Å². The van der Waals surface area contributed by atoms with Gasteiger partial charge in [-0.2, -0.15) is 5.26 Å². The lowest BCUT2D eigenvalue weighted by molar-refractivity contribution is -0.125. The quantitative estimate of drug-likeness (QED) is 0.866. The molecular weight excluding hydrogens is 342 g/mol. The van der Waals surface area contributed by atoms with Crippen molar-refractivity contribution in [2.24, 2.45) is 0 Å². The third kappa shape index (κ3) is 4.47. The summed E-state index contributed by atoms with van der Waals surface area (Å²) in [4.78, 5) is 26.3. The zero-order chi connectivity index (χ0) is 19.4. The van der Waals surface area contributed by atoms with Crippen LogP contribution in [0.3, 0.4) is 0 Å². The van der Waals surface area contributed by atoms with E-state index >= 15 is 0 Å². The highest BCUT2D eigenvalue weighted by Gasteiger charge is 2.32. The number of benzene rings is 1. The van der Waals surface area contributed by atoms with E-state index in [1.807, 2.05) is 30.3 Å². The Morgan fingerprint density at radius 2 is 2.00 bits per heavy atom. The molecule has 1 atom stereocenters. The Hall–Kier alpha value is -3.27. The van der Waals surface area contributed by atoms with Crippen LogP contribution < -0.4 is 10.2 Å². The summed E-state index contributed by atoms with van der Waals surface area (Å²) in [7, 11) is 0. The van der Waals surface area contributed by atoms with Crippen molar-refractivity contribution in [3.05, 3.63) is 53.2 Å². The topological polar surface area (TPSA) is 99.0 Å². The van der Waals surface area contributed by atoms with E-state index in [1.54, 1.807) is 17.0 Å². The first kappa shape index (κ1) is 18.5. The molecule has 1 N–H and O–H groups in total. The van der Waals surface area contributed by atoms with Gasteiger partial charge in [-0.05, 0) is 29.2 Å². The van der Waals surface area contributed by atoms with Crippen LogP contribution >= 0.6 is 0 Å². The second kappa shape index (κ2) is 7.96. The van der Waals surface area contributed by atoms with Gasteiger partial charge in [0.25, 0.3) is 0 Å². The minimum atomic E-state index is -0.565. The number of ketones is 1. The summed E-state index contributed by atoms with van der Waals surface area (Å²) >= 11 is 0. The maximum Gasteiger partial charge on any atom is 0.225 e. The predicted molar refractivity (Wildman–Crippen MR) is 100 cm³/mol. The maximum atomic E-state index is 12.3. The maximum absolute atomic E-state index is 12.3. The summed E-state index contributed by atoms with van der Waals surface area (Å²) in [5.74, 6) is 0.715. The van der Waals surface area contributed by atoms with Gasteiger partial charge in [-0.15, -0.1) is 10.2 Å². The number of hydrogen-bond donors (Lipinski definition) is 1. The van der Waals surface area contributed by atoms with Crippen LogP contribution in [-0.4, -0.2) is 41.0 Å². The average Bonchev–Trinajstić information content (AvgIpc) is 3.02. The van der Waals surface area contributed by atoms with Crippen LogP contribution in [0.1, 0.15) is 36.6 Å². The fourth-order valence-corrected chi connectivity index (χ4v) is 2.99. The molecule has 2 heterocycles. The Labute approximate surface area is 158 Å². The van der Waals surface area contributed by atoms with Crippen LogP contribution in [0.5, 0.6) is 0 Å². The fraction of sp³-hybridized carbons (Fsp3) is 0.350. The Balaban J connectivity index is 1.57. The molecular formula is C20H21N5O2. The molecule has 1 saturated heterocycles. The third-order valence-corrected chi connectivity index (χ3v) is 4.57. The first-order valence-electron chi connectivity index (χ1n) is 8.86. The van der Waals surface area contributed by atoms with E-state index in [9.17, 15) is 9.59 Å². The predicted octanol–water partition coefficient (Wildman–Crippen LogP) is 1.59. The molecule has 0 spiro atoms. The molecule has 2 aromatic rings. The van der Waals surface area contributed by atoms with E-state index in [1.165, 1.54) is 5.56 Å².